The van der Waals surface area contributed by atoms with E-state index in [9.17, 15) is 0 Å². The lowest BCUT2D eigenvalue weighted by molar-refractivity contribution is 0.521. The van der Waals surface area contributed by atoms with Crippen molar-refractivity contribution < 1.29 is 0 Å². The van der Waals surface area contributed by atoms with Crippen LogP contribution in [-0.2, 0) is 0 Å². The Balaban J connectivity index is 2.13. The number of rotatable bonds is 1. The first-order valence-corrected chi connectivity index (χ1v) is 5.73. The summed E-state index contributed by atoms with van der Waals surface area (Å²) in [6, 6.07) is 3.82. The molecule has 0 aromatic carbocycles. The largest absolute Gasteiger partial charge is 0.396 e. The van der Waals surface area contributed by atoms with E-state index in [1.807, 2.05) is 18.3 Å². The number of nitrogen functional groups attached to an aromatic ring is 1. The monoisotopic (exact) mass is 205 g/mol. The molecule has 3 nitrogen and oxygen atoms in total. The van der Waals surface area contributed by atoms with E-state index < -0.39 is 0 Å². The van der Waals surface area contributed by atoms with E-state index in [0.717, 1.165) is 30.5 Å². The van der Waals surface area contributed by atoms with Gasteiger partial charge in [0.15, 0.2) is 5.82 Å². The first-order chi connectivity index (χ1) is 7.27. The number of nitrogens with zero attached hydrogens (tertiary/aromatic N) is 2. The quantitative estimate of drug-likeness (QED) is 0.765. The number of pyridine rings is 1. The molecule has 2 heterocycles. The highest BCUT2D eigenvalue weighted by Gasteiger charge is 2.16. The third-order valence-corrected chi connectivity index (χ3v) is 3.13. The van der Waals surface area contributed by atoms with Gasteiger partial charge in [0.2, 0.25) is 0 Å². The lowest BCUT2D eigenvalue weighted by atomic mass is 10.0. The summed E-state index contributed by atoms with van der Waals surface area (Å²) in [6.45, 7) is 4.50. The van der Waals surface area contributed by atoms with Crippen LogP contribution in [0.4, 0.5) is 11.5 Å². The minimum absolute atomic E-state index is 0.798. The molecule has 2 N–H and O–H groups in total. The van der Waals surface area contributed by atoms with Crippen LogP contribution < -0.4 is 10.6 Å². The maximum Gasteiger partial charge on any atom is 0.151 e. The highest BCUT2D eigenvalue weighted by molar-refractivity contribution is 5.62. The minimum Gasteiger partial charge on any atom is -0.396 e. The van der Waals surface area contributed by atoms with E-state index >= 15 is 0 Å². The van der Waals surface area contributed by atoms with Crippen molar-refractivity contribution in [1.82, 2.24) is 4.98 Å². The van der Waals surface area contributed by atoms with Gasteiger partial charge in [0.1, 0.15) is 0 Å². The molecule has 1 aliphatic heterocycles. The van der Waals surface area contributed by atoms with Crippen LogP contribution >= 0.6 is 0 Å². The highest BCUT2D eigenvalue weighted by atomic mass is 15.2. The molecule has 0 radical (unpaired) electrons. The van der Waals surface area contributed by atoms with E-state index in [-0.39, 0.29) is 0 Å². The molecular weight excluding hydrogens is 186 g/mol. The van der Waals surface area contributed by atoms with Crippen LogP contribution in [0.1, 0.15) is 26.2 Å². The normalized spacial score (nSPS) is 22.5. The second-order valence-electron chi connectivity index (χ2n) is 4.44. The molecule has 15 heavy (non-hydrogen) atoms. The van der Waals surface area contributed by atoms with Gasteiger partial charge in [-0.05, 0) is 37.3 Å². The molecule has 1 aromatic rings. The molecule has 0 spiro atoms. The summed E-state index contributed by atoms with van der Waals surface area (Å²) < 4.78 is 0. The molecule has 3 heteroatoms. The van der Waals surface area contributed by atoms with Gasteiger partial charge in [-0.2, -0.15) is 0 Å². The zero-order chi connectivity index (χ0) is 10.7. The summed E-state index contributed by atoms with van der Waals surface area (Å²) in [5, 5.41) is 0. The number of hydrogen-bond donors (Lipinski definition) is 1. The van der Waals surface area contributed by atoms with Crippen LogP contribution in [0.2, 0.25) is 0 Å². The summed E-state index contributed by atoms with van der Waals surface area (Å²) in [4.78, 5) is 6.69. The maximum absolute atomic E-state index is 5.93. The Morgan fingerprint density at radius 1 is 1.40 bits per heavy atom. The molecule has 1 atom stereocenters. The van der Waals surface area contributed by atoms with Gasteiger partial charge >= 0.3 is 0 Å². The van der Waals surface area contributed by atoms with Crippen molar-refractivity contribution in [1.29, 1.82) is 0 Å². The average Bonchev–Trinajstić information content (AvgIpc) is 2.44. The van der Waals surface area contributed by atoms with Crippen molar-refractivity contribution in [2.45, 2.75) is 26.2 Å². The molecule has 2 rings (SSSR count). The second-order valence-corrected chi connectivity index (χ2v) is 4.44. The van der Waals surface area contributed by atoms with Crippen LogP contribution in [0.5, 0.6) is 0 Å². The van der Waals surface area contributed by atoms with Gasteiger partial charge in [-0.25, -0.2) is 4.98 Å². The molecule has 0 saturated carbocycles. The highest BCUT2D eigenvalue weighted by Crippen LogP contribution is 2.24. The minimum atomic E-state index is 0.798. The Hall–Kier alpha value is -1.25. The zero-order valence-corrected chi connectivity index (χ0v) is 9.32. The molecular formula is C12H19N3. The van der Waals surface area contributed by atoms with Crippen LogP contribution in [0, 0.1) is 5.92 Å². The first kappa shape index (κ1) is 10.3. The number of nitrogens with two attached hydrogens (primary N) is 1. The predicted molar refractivity (Wildman–Crippen MR) is 63.9 cm³/mol. The molecule has 82 valence electrons. The summed E-state index contributed by atoms with van der Waals surface area (Å²) in [5.41, 5.74) is 6.73. The van der Waals surface area contributed by atoms with E-state index in [2.05, 4.69) is 16.8 Å². The number of anilines is 2. The topological polar surface area (TPSA) is 42.2 Å². The smallest absolute Gasteiger partial charge is 0.151 e. The fourth-order valence-corrected chi connectivity index (χ4v) is 2.15. The number of aromatic nitrogens is 1. The molecule has 1 aliphatic rings. The standard InChI is InChI=1S/C12H19N3/c1-10-4-3-8-15(9-6-10)12-11(13)5-2-7-14-12/h2,5,7,10H,3-4,6,8-9,13H2,1H3. The molecule has 1 aromatic heterocycles. The molecule has 0 bridgehead atoms. The molecule has 1 saturated heterocycles. The Morgan fingerprint density at radius 3 is 3.07 bits per heavy atom. The summed E-state index contributed by atoms with van der Waals surface area (Å²) in [7, 11) is 0. The van der Waals surface area contributed by atoms with Crippen LogP contribution in [0.15, 0.2) is 18.3 Å². The fourth-order valence-electron chi connectivity index (χ4n) is 2.15. The molecule has 1 fully saturated rings. The van der Waals surface area contributed by atoms with Gasteiger partial charge in [0.05, 0.1) is 5.69 Å². The van der Waals surface area contributed by atoms with Crippen LogP contribution in [-0.4, -0.2) is 18.1 Å². The number of hydrogen-bond acceptors (Lipinski definition) is 3. The van der Waals surface area contributed by atoms with Crippen molar-refractivity contribution >= 4 is 11.5 Å². The third-order valence-electron chi connectivity index (χ3n) is 3.13. The van der Waals surface area contributed by atoms with Crippen molar-refractivity contribution in [2.75, 3.05) is 23.7 Å². The van der Waals surface area contributed by atoms with Crippen LogP contribution in [0.25, 0.3) is 0 Å². The summed E-state index contributed by atoms with van der Waals surface area (Å²) in [6.07, 6.45) is 5.64. The Morgan fingerprint density at radius 2 is 2.27 bits per heavy atom. The first-order valence-electron chi connectivity index (χ1n) is 5.73. The van der Waals surface area contributed by atoms with Crippen molar-refractivity contribution in [3.63, 3.8) is 0 Å². The van der Waals surface area contributed by atoms with Gasteiger partial charge in [0.25, 0.3) is 0 Å². The predicted octanol–water partition coefficient (Wildman–Crippen LogP) is 2.29. The Bertz CT molecular complexity index is 324. The Labute approximate surface area is 91.3 Å². The van der Waals surface area contributed by atoms with Gasteiger partial charge in [0, 0.05) is 19.3 Å². The lowest BCUT2D eigenvalue weighted by Crippen LogP contribution is -2.26. The summed E-state index contributed by atoms with van der Waals surface area (Å²) in [5.74, 6) is 1.80. The van der Waals surface area contributed by atoms with Crippen LogP contribution in [0.3, 0.4) is 0 Å². The SMILES string of the molecule is CC1CCCN(c2ncccc2N)CC1. The van der Waals surface area contributed by atoms with Gasteiger partial charge in [-0.1, -0.05) is 6.92 Å². The molecule has 0 amide bonds. The summed E-state index contributed by atoms with van der Waals surface area (Å²) >= 11 is 0. The zero-order valence-electron chi connectivity index (χ0n) is 9.32. The van der Waals surface area contributed by atoms with E-state index in [1.165, 1.54) is 19.3 Å². The molecule has 0 aliphatic carbocycles. The van der Waals surface area contributed by atoms with Crippen molar-refractivity contribution in [3.05, 3.63) is 18.3 Å². The van der Waals surface area contributed by atoms with E-state index in [0.29, 0.717) is 0 Å². The van der Waals surface area contributed by atoms with Crippen molar-refractivity contribution in [3.8, 4) is 0 Å². The van der Waals surface area contributed by atoms with Gasteiger partial charge in [-0.3, -0.25) is 0 Å². The Kier molecular flexibility index (Phi) is 3.09. The lowest BCUT2D eigenvalue weighted by Gasteiger charge is -2.22. The second kappa shape index (κ2) is 4.51. The maximum atomic E-state index is 5.93. The average molecular weight is 205 g/mol. The van der Waals surface area contributed by atoms with Gasteiger partial charge in [-0.15, -0.1) is 0 Å². The fraction of sp³-hybridized carbons (Fsp3) is 0.583. The van der Waals surface area contributed by atoms with E-state index in [1.54, 1.807) is 0 Å². The third kappa shape index (κ3) is 2.41. The van der Waals surface area contributed by atoms with Crippen molar-refractivity contribution in [2.24, 2.45) is 5.92 Å². The van der Waals surface area contributed by atoms with Gasteiger partial charge < -0.3 is 10.6 Å². The molecule has 1 unspecified atom stereocenters. The van der Waals surface area contributed by atoms with E-state index in [4.69, 9.17) is 5.73 Å².